The fourth-order valence-corrected chi connectivity index (χ4v) is 0. The maximum Gasteiger partial charge on any atom is 1.00 e. The normalized spacial score (nSPS) is 0. The summed E-state index contributed by atoms with van der Waals surface area (Å²) in [6, 6.07) is 0. The molecule has 42 nitrogen and oxygen atoms in total. The third-order valence-electron chi connectivity index (χ3n) is 0. The van der Waals surface area contributed by atoms with Crippen molar-refractivity contribution in [2.24, 2.45) is 0 Å². The summed E-state index contributed by atoms with van der Waals surface area (Å²) in [6.07, 6.45) is 0. The number of hydrogen-bond acceptors (Lipinski definition) is 0. The van der Waals surface area contributed by atoms with Gasteiger partial charge in [0, 0.05) is 253 Å². The molecule has 0 unspecified atom stereocenters. The van der Waals surface area contributed by atoms with Gasteiger partial charge in [-0.2, -0.15) is 0 Å². The molecule has 0 atom stereocenters. The van der Waals surface area contributed by atoms with Gasteiger partial charge < -0.3 is 230 Å². The van der Waals surface area contributed by atoms with E-state index in [1.165, 1.54) is 0 Å². The summed E-state index contributed by atoms with van der Waals surface area (Å²) < 4.78 is 0. The first-order chi connectivity index (χ1) is 0. The van der Waals surface area contributed by atoms with E-state index in [0.717, 1.165) is 0 Å². The van der Waals surface area contributed by atoms with Crippen LogP contribution in [0.2, 0.25) is 0 Å². The zero-order valence-corrected chi connectivity index (χ0v) is 98.5. The van der Waals surface area contributed by atoms with E-state index in [-0.39, 0.29) is 999 Å². The van der Waals surface area contributed by atoms with E-state index in [4.69, 9.17) is 0 Å². The average Bonchev–Trinajstić information content (AvgIpc) is 0. The molecule has 0 aliphatic heterocycles. The molecule has 408 valence electrons. The Balaban J connectivity index is 0. The summed E-state index contributed by atoms with van der Waals surface area (Å²) in [7, 11) is 0. The molecule has 0 aliphatic rings. The summed E-state index contributed by atoms with van der Waals surface area (Å²) in [5.41, 5.74) is 0. The second-order valence-electron chi connectivity index (χ2n) is 0. The molecule has 0 amide bonds. The van der Waals surface area contributed by atoms with Crippen molar-refractivity contribution in [3.8, 4) is 0 Å². The van der Waals surface area contributed by atoms with Crippen LogP contribution in [-0.4, -0.2) is 0 Å². The van der Waals surface area contributed by atoms with E-state index in [9.17, 15) is 0 Å². The summed E-state index contributed by atoms with van der Waals surface area (Å²) in [4.78, 5) is 0. The molecule has 0 saturated carbocycles. The van der Waals surface area contributed by atoms with Crippen LogP contribution < -0.4 is 514 Å². The zero-order chi connectivity index (χ0) is 0. The first-order valence-electron chi connectivity index (χ1n) is 0. The van der Waals surface area contributed by atoms with Crippen molar-refractivity contribution >= 4 is 0 Å². The molecule has 0 aromatic heterocycles. The SMILES string of the molecule is [H+].[H+].[K+].[K+].[K+].[K+].[K+].[K+].[K+].[K+].[K+].[K+].[O-2].[O-2].[O-2].[O-2].[O-2].[O-2].[O-2].[O-2].[O-2].[O-2].[O-2].[O-2].[O-2].[O-2].[O-2].[O-2].[O-2].[O-2].[O-2].[O-2].[O-2].[O-2].[O-2].[O-2].[O-2].[O-2].[O-2].[O-2].[O-2].[O-2].[O-2].[O-2].[O-2].[O-2].[O-2].[O-2].[O-2].[O-2].[O-2].[O-2].[O-2].[O-2].[W].[W].[W].[W].[W].[W].[W].[W].[W].[W].[W].[W]. The van der Waals surface area contributed by atoms with Crippen LogP contribution in [0.5, 0.6) is 0 Å². The summed E-state index contributed by atoms with van der Waals surface area (Å²) in [5.74, 6) is 0. The Morgan fingerprint density at radius 2 is 0.0625 bits per heavy atom. The Hall–Kier alpha value is 22.9. The van der Waals surface area contributed by atoms with Crippen LogP contribution in [0, 0.1) is 0 Å². The van der Waals surface area contributed by atoms with Gasteiger partial charge in [0.2, 0.25) is 0 Å². The van der Waals surface area contributed by atoms with Crippen LogP contribution in [0.3, 0.4) is 0 Å². The summed E-state index contributed by atoms with van der Waals surface area (Å²) in [5, 5.41) is 0. The molecule has 0 N–H and O–H groups in total. The molecule has 0 rings (SSSR count). The van der Waals surface area contributed by atoms with Crippen LogP contribution >= 0.6 is 0 Å². The van der Waals surface area contributed by atoms with Crippen molar-refractivity contribution in [3.05, 3.63) is 0 Å². The minimum atomic E-state index is 0. The van der Waals surface area contributed by atoms with Crippen LogP contribution in [-0.2, 0) is 483 Å². The van der Waals surface area contributed by atoms with Gasteiger partial charge in [-0.15, -0.1) is 0 Å². The molecule has 0 fully saturated rings. The number of rotatable bonds is 0. The van der Waals surface area contributed by atoms with Crippen LogP contribution in [0.15, 0.2) is 0 Å². The van der Waals surface area contributed by atoms with Crippen molar-refractivity contribution in [2.45, 2.75) is 0 Å². The van der Waals surface area contributed by atoms with E-state index in [0.29, 0.717) is 0 Å². The molecule has 64 heteroatoms. The summed E-state index contributed by atoms with van der Waals surface area (Å²) >= 11 is 0. The molecule has 0 aromatic rings. The van der Waals surface area contributed by atoms with Gasteiger partial charge in [-0.1, -0.05) is 0 Å². The molecule has 0 saturated heterocycles. The van der Waals surface area contributed by atoms with Gasteiger partial charge in [-0.3, -0.25) is 0 Å². The average molecular weight is 3270 g/mol. The Labute approximate surface area is 968 Å². The van der Waals surface area contributed by atoms with Crippen molar-refractivity contribution in [1.29, 1.82) is 0 Å². The van der Waals surface area contributed by atoms with Gasteiger partial charge in [0.15, 0.2) is 0 Å². The van der Waals surface area contributed by atoms with Gasteiger partial charge in [0.25, 0.3) is 0 Å². The fraction of sp³-hybridized carbons (Fsp3) is 0. The monoisotopic (exact) mass is 3270 g/mol. The van der Waals surface area contributed by atoms with Crippen LogP contribution in [0.4, 0.5) is 0 Å². The second-order valence-corrected chi connectivity index (χ2v) is 0. The second kappa shape index (κ2) is 1180. The van der Waals surface area contributed by atoms with Gasteiger partial charge in [-0.25, -0.2) is 0 Å². The van der Waals surface area contributed by atoms with E-state index >= 15 is 0 Å². The maximum absolute atomic E-state index is 0. The van der Waals surface area contributed by atoms with Crippen molar-refractivity contribution < 1.29 is 999 Å². The molecule has 0 aromatic carbocycles. The fourth-order valence-electron chi connectivity index (χ4n) is 0. The van der Waals surface area contributed by atoms with Gasteiger partial charge >= 0.3 is 517 Å². The van der Waals surface area contributed by atoms with Crippen LogP contribution in [0.1, 0.15) is 2.85 Å². The maximum atomic E-state index is 0. The quantitative estimate of drug-likeness (QED) is 0.204. The first-order valence-corrected chi connectivity index (χ1v) is 0. The third-order valence-corrected chi connectivity index (χ3v) is 0. The van der Waals surface area contributed by atoms with Gasteiger partial charge in [0.1, 0.15) is 0 Å². The molecule has 0 bridgehead atoms. The Kier molecular flexibility index (Phi) is 22500. The van der Waals surface area contributed by atoms with E-state index in [1.807, 2.05) is 0 Å². The molecule has 64 heavy (non-hydrogen) atoms. The Morgan fingerprint density at radius 3 is 0.0625 bits per heavy atom. The zero-order valence-electron chi connectivity index (χ0n) is 34.0. The summed E-state index contributed by atoms with van der Waals surface area (Å²) in [6.45, 7) is 0. The molecular weight excluding hydrogens is 3270 g/mol. The standard InChI is InChI=1S/10K.42O.12W/q10*+1;42*-2;;;;;;;;;;;;/p+2. The molecular formula is H2K10O42W12-72. The van der Waals surface area contributed by atoms with E-state index in [1.54, 1.807) is 0 Å². The Morgan fingerprint density at radius 1 is 0.0625 bits per heavy atom. The first kappa shape index (κ1) is 1220. The number of hydrogen-bond donors (Lipinski definition) is 0. The molecule has 0 aliphatic carbocycles. The van der Waals surface area contributed by atoms with Gasteiger partial charge in [-0.05, 0) is 0 Å². The van der Waals surface area contributed by atoms with Gasteiger partial charge in [0.05, 0.1) is 0 Å². The predicted octanol–water partition coefficient (Wildman–Crippen LogP) is -34.8. The van der Waals surface area contributed by atoms with Crippen molar-refractivity contribution in [2.75, 3.05) is 0 Å². The topological polar surface area (TPSA) is 1200 Å². The third kappa shape index (κ3) is 1140. The largest absolute Gasteiger partial charge is 2.00 e. The van der Waals surface area contributed by atoms with E-state index in [2.05, 4.69) is 0 Å². The minimum absolute atomic E-state index is 0. The minimum Gasteiger partial charge on any atom is -2.00 e. The molecule has 0 heterocycles. The van der Waals surface area contributed by atoms with Crippen molar-refractivity contribution in [3.63, 3.8) is 0 Å². The van der Waals surface area contributed by atoms with Crippen molar-refractivity contribution in [1.82, 2.24) is 0 Å². The van der Waals surface area contributed by atoms with Crippen LogP contribution in [0.25, 0.3) is 0 Å². The Bertz CT molecular complexity index is 94.2. The van der Waals surface area contributed by atoms with E-state index < -0.39 is 0 Å². The molecule has 0 spiro atoms. The smallest absolute Gasteiger partial charge is 1.00 e. The molecule has 0 radical (unpaired) electrons. The predicted molar refractivity (Wildman–Crippen MR) is 31.1 cm³/mol.